The van der Waals surface area contributed by atoms with Crippen LogP contribution in [0.5, 0.6) is 11.5 Å². The number of likely N-dealkylation sites (tertiary alicyclic amines) is 1. The second-order valence-electron chi connectivity index (χ2n) is 9.45. The monoisotopic (exact) mass is 497 g/mol. The van der Waals surface area contributed by atoms with E-state index in [1.807, 2.05) is 53.7 Å². The maximum atomic E-state index is 12.8. The molecule has 188 valence electrons. The number of amides is 1. The van der Waals surface area contributed by atoms with Crippen LogP contribution in [0.4, 0.5) is 0 Å². The van der Waals surface area contributed by atoms with Crippen molar-refractivity contribution < 1.29 is 18.9 Å². The van der Waals surface area contributed by atoms with Crippen molar-refractivity contribution in [2.24, 2.45) is 21.7 Å². The van der Waals surface area contributed by atoms with E-state index in [-0.39, 0.29) is 23.0 Å². The molecule has 37 heavy (non-hydrogen) atoms. The van der Waals surface area contributed by atoms with Crippen LogP contribution in [-0.2, 0) is 4.79 Å². The first kappa shape index (κ1) is 23.2. The molecule has 3 N–H and O–H groups in total. The minimum atomic E-state index is -0.0290. The average molecular weight is 498 g/mol. The number of allylic oxidation sites excluding steroid dienone is 2. The maximum absolute atomic E-state index is 12.8. The fraction of sp³-hybridized carbons (Fsp3) is 0.250. The van der Waals surface area contributed by atoms with E-state index in [0.29, 0.717) is 24.6 Å². The van der Waals surface area contributed by atoms with Crippen LogP contribution in [0.25, 0.3) is 10.9 Å². The van der Waals surface area contributed by atoms with Crippen LogP contribution in [0.2, 0.25) is 0 Å². The van der Waals surface area contributed by atoms with E-state index in [1.54, 1.807) is 19.4 Å². The molecule has 6 rings (SSSR count). The first-order valence-electron chi connectivity index (χ1n) is 12.4. The third kappa shape index (κ3) is 4.22. The third-order valence-electron chi connectivity index (χ3n) is 7.23. The number of rotatable bonds is 6. The fourth-order valence-electron chi connectivity index (χ4n) is 5.21. The molecular formula is C28H29N6O3+. The van der Waals surface area contributed by atoms with Gasteiger partial charge in [-0.1, -0.05) is 24.3 Å². The van der Waals surface area contributed by atoms with Gasteiger partial charge in [0.15, 0.2) is 6.61 Å². The highest BCUT2D eigenvalue weighted by atomic mass is 16.5. The fourth-order valence-corrected chi connectivity index (χ4v) is 5.21. The number of ether oxygens (including phenoxy) is 2. The van der Waals surface area contributed by atoms with Crippen molar-refractivity contribution in [3.63, 3.8) is 0 Å². The van der Waals surface area contributed by atoms with E-state index in [1.165, 1.54) is 0 Å². The van der Waals surface area contributed by atoms with Gasteiger partial charge in [0.2, 0.25) is 5.70 Å². The molecule has 1 atom stereocenters. The number of carbonyl (C=O) groups is 1. The Labute approximate surface area is 214 Å². The Balaban J connectivity index is 1.17. The third-order valence-corrected chi connectivity index (χ3v) is 7.23. The molecule has 9 nitrogen and oxygen atoms in total. The summed E-state index contributed by atoms with van der Waals surface area (Å²) in [4.78, 5) is 27.6. The summed E-state index contributed by atoms with van der Waals surface area (Å²) in [5.41, 5.74) is 3.75. The molecule has 3 aliphatic rings. The number of amidine groups is 1. The van der Waals surface area contributed by atoms with Gasteiger partial charge in [0, 0.05) is 36.0 Å². The number of fused-ring (bicyclic) bond motifs is 2. The molecule has 4 heterocycles. The molecule has 0 saturated carbocycles. The summed E-state index contributed by atoms with van der Waals surface area (Å²) >= 11 is 0. The van der Waals surface area contributed by atoms with Crippen LogP contribution in [0.1, 0.15) is 18.5 Å². The van der Waals surface area contributed by atoms with Crippen molar-refractivity contribution >= 4 is 28.9 Å². The van der Waals surface area contributed by atoms with Crippen molar-refractivity contribution in [1.29, 1.82) is 0 Å². The number of hydrogen-bond acceptors (Lipinski definition) is 6. The standard InChI is InChI=1S/C28H29N6O3/c1-36-21-6-4-7-22(16-21)37-18-26(35)33-12-9-19(10-13-33)27-25-17-30-11-14-34(25,29)28(32-27)24-15-20-5-2-3-8-23(20)31-24/h2-8,11,14-17,19,31H,9-10,12-13,18,29H2,1H3/q+1. The van der Waals surface area contributed by atoms with Crippen LogP contribution in [0, 0.1) is 5.92 Å². The number of nitrogens with one attached hydrogen (secondary N) is 1. The Morgan fingerprint density at radius 2 is 1.95 bits per heavy atom. The van der Waals surface area contributed by atoms with E-state index in [0.717, 1.165) is 46.7 Å². The molecule has 2 aromatic carbocycles. The molecule has 0 bridgehead atoms. The summed E-state index contributed by atoms with van der Waals surface area (Å²) < 4.78 is 10.9. The summed E-state index contributed by atoms with van der Waals surface area (Å²) in [6, 6.07) is 17.5. The van der Waals surface area contributed by atoms with Gasteiger partial charge in [-0.15, -0.1) is 4.59 Å². The van der Waals surface area contributed by atoms with Crippen LogP contribution in [-0.4, -0.2) is 59.2 Å². The number of benzene rings is 2. The number of quaternary nitrogens is 1. The van der Waals surface area contributed by atoms with Gasteiger partial charge >= 0.3 is 0 Å². The predicted molar refractivity (Wildman–Crippen MR) is 142 cm³/mol. The molecule has 1 saturated heterocycles. The Bertz CT molecular complexity index is 1440. The Hall–Kier alpha value is -4.21. The molecular weight excluding hydrogens is 468 g/mol. The van der Waals surface area contributed by atoms with Gasteiger partial charge in [-0.3, -0.25) is 9.79 Å². The molecule has 1 amide bonds. The highest BCUT2D eigenvalue weighted by Crippen LogP contribution is 2.38. The highest BCUT2D eigenvalue weighted by molar-refractivity contribution is 6.02. The molecule has 1 aromatic heterocycles. The van der Waals surface area contributed by atoms with Gasteiger partial charge < -0.3 is 19.4 Å². The Kier molecular flexibility index (Phi) is 5.86. The molecule has 0 aliphatic carbocycles. The zero-order valence-electron chi connectivity index (χ0n) is 20.6. The largest absolute Gasteiger partial charge is 0.497 e. The van der Waals surface area contributed by atoms with Gasteiger partial charge in [-0.05, 0) is 37.1 Å². The number of methoxy groups -OCH3 is 1. The normalized spacial score (nSPS) is 21.4. The van der Waals surface area contributed by atoms with E-state index >= 15 is 0 Å². The number of H-pyrrole nitrogens is 1. The quantitative estimate of drug-likeness (QED) is 0.400. The first-order chi connectivity index (χ1) is 18.0. The topological polar surface area (TPSA) is 105 Å². The zero-order chi connectivity index (χ0) is 25.4. The minimum absolute atomic E-state index is 0.00524. The van der Waals surface area contributed by atoms with E-state index < -0.39 is 0 Å². The smallest absolute Gasteiger partial charge is 0.281 e. The average Bonchev–Trinajstić information content (AvgIpc) is 3.50. The number of hydrogen-bond donors (Lipinski definition) is 2. The van der Waals surface area contributed by atoms with Crippen LogP contribution < -0.4 is 15.3 Å². The van der Waals surface area contributed by atoms with Crippen molar-refractivity contribution in [2.75, 3.05) is 26.8 Å². The second-order valence-corrected chi connectivity index (χ2v) is 9.45. The number of carbonyl (C=O) groups excluding carboxylic acids is 1. The summed E-state index contributed by atoms with van der Waals surface area (Å²) in [5.74, 6) is 9.11. The summed E-state index contributed by atoms with van der Waals surface area (Å²) in [6.07, 6.45) is 6.99. The number of para-hydroxylation sites is 1. The van der Waals surface area contributed by atoms with Crippen molar-refractivity contribution in [1.82, 2.24) is 9.88 Å². The van der Waals surface area contributed by atoms with Gasteiger partial charge in [0.05, 0.1) is 19.5 Å². The molecule has 1 fully saturated rings. The highest BCUT2D eigenvalue weighted by Gasteiger charge is 2.46. The number of aromatic amines is 1. The lowest BCUT2D eigenvalue weighted by atomic mass is 9.92. The number of aromatic nitrogens is 1. The number of nitrogens with two attached hydrogens (primary N) is 1. The summed E-state index contributed by atoms with van der Waals surface area (Å²) in [6.45, 7) is 1.27. The van der Waals surface area contributed by atoms with Gasteiger partial charge in [0.25, 0.3) is 11.7 Å². The number of aliphatic imine (C=N–C) groups is 2. The molecule has 3 aliphatic heterocycles. The molecule has 1 unspecified atom stereocenters. The number of piperidine rings is 1. The molecule has 9 heteroatoms. The molecule has 0 spiro atoms. The molecule has 3 aromatic rings. The van der Waals surface area contributed by atoms with Crippen LogP contribution >= 0.6 is 0 Å². The van der Waals surface area contributed by atoms with Crippen LogP contribution in [0.3, 0.4) is 0 Å². The van der Waals surface area contributed by atoms with Gasteiger partial charge in [-0.2, -0.15) is 10.8 Å². The van der Waals surface area contributed by atoms with Crippen LogP contribution in [0.15, 0.2) is 88.4 Å². The first-order valence-corrected chi connectivity index (χ1v) is 12.4. The lowest BCUT2D eigenvalue weighted by Crippen LogP contribution is -2.53. The minimum Gasteiger partial charge on any atom is -0.497 e. The van der Waals surface area contributed by atoms with Crippen molar-refractivity contribution in [3.8, 4) is 11.5 Å². The SMILES string of the molecule is COc1cccc(OCC(=O)N2CCC(C3=C4C=NC=C[N+]4(N)C(c4cc5ccccc5[nH]4)=N3)CC2)c1. The van der Waals surface area contributed by atoms with Gasteiger partial charge in [0.1, 0.15) is 29.1 Å². The lowest BCUT2D eigenvalue weighted by Gasteiger charge is -2.32. The van der Waals surface area contributed by atoms with E-state index in [4.69, 9.17) is 20.3 Å². The van der Waals surface area contributed by atoms with Crippen molar-refractivity contribution in [2.45, 2.75) is 12.8 Å². The second kappa shape index (κ2) is 9.34. The predicted octanol–water partition coefficient (Wildman–Crippen LogP) is 3.71. The summed E-state index contributed by atoms with van der Waals surface area (Å²) in [7, 11) is 1.60. The van der Waals surface area contributed by atoms with Crippen molar-refractivity contribution in [3.05, 3.63) is 84.1 Å². The van der Waals surface area contributed by atoms with Gasteiger partial charge in [-0.25, -0.2) is 0 Å². The zero-order valence-corrected chi connectivity index (χ0v) is 20.6. The maximum Gasteiger partial charge on any atom is 0.281 e. The Morgan fingerprint density at radius 1 is 1.14 bits per heavy atom. The molecule has 0 radical (unpaired) electrons. The number of nitrogens with zero attached hydrogens (tertiary/aromatic N) is 4. The lowest BCUT2D eigenvalue weighted by molar-refractivity contribution is -0.750. The summed E-state index contributed by atoms with van der Waals surface area (Å²) in [5, 5.41) is 1.11. The Morgan fingerprint density at radius 3 is 2.76 bits per heavy atom. The van der Waals surface area contributed by atoms with E-state index in [2.05, 4.69) is 22.1 Å². The van der Waals surface area contributed by atoms with E-state index in [9.17, 15) is 4.79 Å².